The highest BCUT2D eigenvalue weighted by atomic mass is 15.3. The van der Waals surface area contributed by atoms with Crippen LogP contribution in [-0.2, 0) is 0 Å². The Hall–Kier alpha value is -3.05. The molecule has 1 N–H and O–H groups in total. The van der Waals surface area contributed by atoms with Gasteiger partial charge in [-0.05, 0) is 51.2 Å². The van der Waals surface area contributed by atoms with Crippen molar-refractivity contribution in [3.63, 3.8) is 0 Å². The van der Waals surface area contributed by atoms with Gasteiger partial charge in [0.05, 0.1) is 23.1 Å². The minimum atomic E-state index is 0.209. The van der Waals surface area contributed by atoms with Gasteiger partial charge in [-0.1, -0.05) is 24.3 Å². The topological polar surface area (TPSA) is 55.6 Å². The second-order valence-electron chi connectivity index (χ2n) is 6.43. The van der Waals surface area contributed by atoms with Crippen molar-refractivity contribution in [3.05, 3.63) is 72.2 Å². The van der Waals surface area contributed by atoms with Gasteiger partial charge in [0.1, 0.15) is 0 Å². The van der Waals surface area contributed by atoms with E-state index in [4.69, 9.17) is 4.98 Å². The number of aryl methyl sites for hydroxylation is 1. The second-order valence-corrected chi connectivity index (χ2v) is 6.43. The summed E-state index contributed by atoms with van der Waals surface area (Å²) in [6.07, 6.45) is 1.87. The molecule has 5 heteroatoms. The van der Waals surface area contributed by atoms with E-state index in [1.54, 1.807) is 0 Å². The van der Waals surface area contributed by atoms with Crippen molar-refractivity contribution >= 4 is 10.9 Å². The zero-order valence-electron chi connectivity index (χ0n) is 15.1. The van der Waals surface area contributed by atoms with E-state index in [0.717, 1.165) is 39.4 Å². The number of hydrogen-bond donors (Lipinski definition) is 1. The molecule has 0 unspecified atom stereocenters. The zero-order valence-corrected chi connectivity index (χ0v) is 15.1. The van der Waals surface area contributed by atoms with Gasteiger partial charge >= 0.3 is 0 Å². The Balaban J connectivity index is 1.82. The maximum Gasteiger partial charge on any atom is 0.154 e. The summed E-state index contributed by atoms with van der Waals surface area (Å²) in [5.41, 5.74) is 5.04. The third kappa shape index (κ3) is 2.97. The number of nitrogens with zero attached hydrogens (tertiary/aromatic N) is 4. The van der Waals surface area contributed by atoms with Crippen LogP contribution in [0.2, 0.25) is 0 Å². The molecule has 0 radical (unpaired) electrons. The van der Waals surface area contributed by atoms with Crippen molar-refractivity contribution in [2.24, 2.45) is 0 Å². The summed E-state index contributed by atoms with van der Waals surface area (Å²) in [5, 5.41) is 8.84. The SMILES string of the molecule is CN[C@@H](C)c1cccc(-c2ccc3cnn(-c4cccc(C)n4)c3c2)n1. The van der Waals surface area contributed by atoms with Gasteiger partial charge in [-0.2, -0.15) is 5.10 Å². The van der Waals surface area contributed by atoms with Crippen LogP contribution in [0.4, 0.5) is 0 Å². The standard InChI is InChI=1S/C21H21N5/c1-14-6-4-9-21(24-14)26-20-12-16(10-11-17(20)13-23-26)19-8-5-7-18(25-19)15(2)22-3/h4-13,15,22H,1-3H3/t15-/m0/s1. The molecule has 0 aliphatic heterocycles. The van der Waals surface area contributed by atoms with Crippen LogP contribution in [-0.4, -0.2) is 26.8 Å². The van der Waals surface area contributed by atoms with Gasteiger partial charge in [0.25, 0.3) is 0 Å². The number of rotatable bonds is 4. The first kappa shape index (κ1) is 16.4. The van der Waals surface area contributed by atoms with Crippen LogP contribution in [0.25, 0.3) is 28.0 Å². The van der Waals surface area contributed by atoms with Crippen LogP contribution < -0.4 is 5.32 Å². The number of aromatic nitrogens is 4. The number of fused-ring (bicyclic) bond motifs is 1. The molecule has 130 valence electrons. The Morgan fingerprint density at radius 2 is 1.85 bits per heavy atom. The average molecular weight is 343 g/mol. The molecule has 4 aromatic rings. The molecule has 0 saturated heterocycles. The molecule has 0 spiro atoms. The van der Waals surface area contributed by atoms with Crippen LogP contribution in [0.5, 0.6) is 0 Å². The van der Waals surface area contributed by atoms with E-state index in [0.29, 0.717) is 0 Å². The van der Waals surface area contributed by atoms with E-state index in [-0.39, 0.29) is 6.04 Å². The number of hydrogen-bond acceptors (Lipinski definition) is 4. The lowest BCUT2D eigenvalue weighted by molar-refractivity contribution is 0.634. The number of pyridine rings is 2. The molecule has 3 heterocycles. The van der Waals surface area contributed by atoms with E-state index in [1.807, 2.05) is 55.2 Å². The lowest BCUT2D eigenvalue weighted by Gasteiger charge is -2.11. The minimum absolute atomic E-state index is 0.209. The third-order valence-corrected chi connectivity index (χ3v) is 4.60. The fourth-order valence-corrected chi connectivity index (χ4v) is 3.01. The van der Waals surface area contributed by atoms with Crippen molar-refractivity contribution in [3.8, 4) is 17.1 Å². The molecule has 1 atom stereocenters. The molecule has 26 heavy (non-hydrogen) atoms. The molecule has 0 bridgehead atoms. The normalized spacial score (nSPS) is 12.4. The van der Waals surface area contributed by atoms with E-state index >= 15 is 0 Å². The molecule has 1 aromatic carbocycles. The molecule has 0 saturated carbocycles. The van der Waals surface area contributed by atoms with Crippen molar-refractivity contribution in [1.82, 2.24) is 25.1 Å². The summed E-state index contributed by atoms with van der Waals surface area (Å²) in [6.45, 7) is 4.09. The number of benzene rings is 1. The second kappa shape index (κ2) is 6.69. The van der Waals surface area contributed by atoms with Crippen molar-refractivity contribution in [2.75, 3.05) is 7.05 Å². The average Bonchev–Trinajstić information content (AvgIpc) is 3.10. The molecule has 0 amide bonds. The van der Waals surface area contributed by atoms with Gasteiger partial charge in [-0.25, -0.2) is 9.67 Å². The van der Waals surface area contributed by atoms with Crippen molar-refractivity contribution < 1.29 is 0 Å². The molecule has 3 aromatic heterocycles. The van der Waals surface area contributed by atoms with Crippen LogP contribution >= 0.6 is 0 Å². The van der Waals surface area contributed by atoms with Gasteiger partial charge in [0, 0.05) is 22.7 Å². The van der Waals surface area contributed by atoms with E-state index in [9.17, 15) is 0 Å². The Bertz CT molecular complexity index is 1070. The van der Waals surface area contributed by atoms with E-state index in [1.165, 1.54) is 0 Å². The monoisotopic (exact) mass is 343 g/mol. The first-order chi connectivity index (χ1) is 12.7. The largest absolute Gasteiger partial charge is 0.312 e. The van der Waals surface area contributed by atoms with Gasteiger partial charge in [-0.3, -0.25) is 4.98 Å². The summed E-state index contributed by atoms with van der Waals surface area (Å²) < 4.78 is 1.88. The van der Waals surface area contributed by atoms with Gasteiger partial charge < -0.3 is 5.32 Å². The predicted molar refractivity (Wildman–Crippen MR) is 104 cm³/mol. The summed E-state index contributed by atoms with van der Waals surface area (Å²) in [6, 6.07) is 18.6. The molecule has 0 aliphatic carbocycles. The van der Waals surface area contributed by atoms with Crippen molar-refractivity contribution in [1.29, 1.82) is 0 Å². The van der Waals surface area contributed by atoms with Gasteiger partial charge in [-0.15, -0.1) is 0 Å². The molecule has 0 fully saturated rings. The Morgan fingerprint density at radius 1 is 1.00 bits per heavy atom. The van der Waals surface area contributed by atoms with Gasteiger partial charge in [0.15, 0.2) is 5.82 Å². The van der Waals surface area contributed by atoms with Gasteiger partial charge in [0.2, 0.25) is 0 Å². The van der Waals surface area contributed by atoms with E-state index < -0.39 is 0 Å². The maximum absolute atomic E-state index is 4.81. The Morgan fingerprint density at radius 3 is 2.65 bits per heavy atom. The van der Waals surface area contributed by atoms with Crippen LogP contribution in [0.1, 0.15) is 24.4 Å². The summed E-state index contributed by atoms with van der Waals surface area (Å²) in [7, 11) is 1.94. The number of nitrogens with one attached hydrogen (secondary N) is 1. The van der Waals surface area contributed by atoms with Crippen LogP contribution in [0, 0.1) is 6.92 Å². The van der Waals surface area contributed by atoms with Crippen molar-refractivity contribution in [2.45, 2.75) is 19.9 Å². The first-order valence-electron chi connectivity index (χ1n) is 8.72. The zero-order chi connectivity index (χ0) is 18.1. The predicted octanol–water partition coefficient (Wildman–Crippen LogP) is 4.07. The quantitative estimate of drug-likeness (QED) is 0.607. The molecule has 0 aliphatic rings. The molecule has 5 nitrogen and oxygen atoms in total. The third-order valence-electron chi connectivity index (χ3n) is 4.60. The lowest BCUT2D eigenvalue weighted by Crippen LogP contribution is -2.13. The smallest absolute Gasteiger partial charge is 0.154 e. The Kier molecular flexibility index (Phi) is 4.22. The Labute approximate surface area is 152 Å². The summed E-state index contributed by atoms with van der Waals surface area (Å²) >= 11 is 0. The lowest BCUT2D eigenvalue weighted by atomic mass is 10.1. The molecular formula is C21H21N5. The molecular weight excluding hydrogens is 322 g/mol. The van der Waals surface area contributed by atoms with E-state index in [2.05, 4.69) is 46.6 Å². The first-order valence-corrected chi connectivity index (χ1v) is 8.72. The summed E-state index contributed by atoms with van der Waals surface area (Å²) in [4.78, 5) is 9.41. The van der Waals surface area contributed by atoms with Crippen LogP contribution in [0.15, 0.2) is 60.8 Å². The van der Waals surface area contributed by atoms with Crippen LogP contribution in [0.3, 0.4) is 0 Å². The molecule has 4 rings (SSSR count). The minimum Gasteiger partial charge on any atom is -0.312 e. The summed E-state index contributed by atoms with van der Waals surface area (Å²) in [5.74, 6) is 0.822. The highest BCUT2D eigenvalue weighted by Gasteiger charge is 2.10. The highest BCUT2D eigenvalue weighted by Crippen LogP contribution is 2.25. The highest BCUT2D eigenvalue weighted by molar-refractivity contribution is 5.84. The fourth-order valence-electron chi connectivity index (χ4n) is 3.01. The maximum atomic E-state index is 4.81. The fraction of sp³-hybridized carbons (Fsp3) is 0.190.